The van der Waals surface area contributed by atoms with Crippen LogP contribution >= 0.6 is 0 Å². The molecule has 1 N–H and O–H groups in total. The molecule has 2 heteroatoms. The number of hydrogen-bond donors (Lipinski definition) is 1. The van der Waals surface area contributed by atoms with E-state index < -0.39 is 11.4 Å². The van der Waals surface area contributed by atoms with Crippen LogP contribution in [0.2, 0.25) is 0 Å². The monoisotopic (exact) mass is 262 g/mol. The molecule has 1 aromatic carbocycles. The second kappa shape index (κ2) is 7.32. The van der Waals surface area contributed by atoms with E-state index in [4.69, 9.17) is 0 Å². The first-order chi connectivity index (χ1) is 9.05. The zero-order valence-electron chi connectivity index (χ0n) is 12.4. The summed E-state index contributed by atoms with van der Waals surface area (Å²) >= 11 is 0. The molecule has 0 aliphatic heterocycles. The Labute approximate surface area is 116 Å². The van der Waals surface area contributed by atoms with Crippen molar-refractivity contribution in [3.63, 3.8) is 0 Å². The summed E-state index contributed by atoms with van der Waals surface area (Å²) < 4.78 is 0. The molecule has 0 radical (unpaired) electrons. The van der Waals surface area contributed by atoms with Crippen molar-refractivity contribution < 1.29 is 9.90 Å². The zero-order valence-corrected chi connectivity index (χ0v) is 12.4. The lowest BCUT2D eigenvalue weighted by Gasteiger charge is -2.34. The van der Waals surface area contributed by atoms with Crippen molar-refractivity contribution in [1.29, 1.82) is 0 Å². The minimum atomic E-state index is -0.741. The van der Waals surface area contributed by atoms with Crippen molar-refractivity contribution in [2.75, 3.05) is 0 Å². The van der Waals surface area contributed by atoms with Crippen LogP contribution in [0.15, 0.2) is 30.3 Å². The molecule has 106 valence electrons. The summed E-state index contributed by atoms with van der Waals surface area (Å²) in [6, 6.07) is 9.71. The zero-order chi connectivity index (χ0) is 14.3. The van der Waals surface area contributed by atoms with Crippen molar-refractivity contribution >= 4 is 5.97 Å². The van der Waals surface area contributed by atoms with Gasteiger partial charge in [-0.05, 0) is 17.9 Å². The van der Waals surface area contributed by atoms with Crippen LogP contribution in [0.5, 0.6) is 0 Å². The number of carboxylic acid groups (broad SMARTS) is 1. The maximum Gasteiger partial charge on any atom is 0.314 e. The van der Waals surface area contributed by atoms with Crippen molar-refractivity contribution in [3.05, 3.63) is 35.9 Å². The predicted molar refractivity (Wildman–Crippen MR) is 79.4 cm³/mol. The van der Waals surface area contributed by atoms with Gasteiger partial charge in [-0.2, -0.15) is 0 Å². The molecule has 0 aromatic heterocycles. The molecule has 1 rings (SSSR count). The van der Waals surface area contributed by atoms with Crippen LogP contribution in [0, 0.1) is 5.92 Å². The second-order valence-corrected chi connectivity index (χ2v) is 5.61. The van der Waals surface area contributed by atoms with Gasteiger partial charge >= 0.3 is 5.97 Å². The summed E-state index contributed by atoms with van der Waals surface area (Å²) in [7, 11) is 0. The molecule has 0 saturated heterocycles. The molecule has 19 heavy (non-hydrogen) atoms. The average molecular weight is 262 g/mol. The van der Waals surface area contributed by atoms with E-state index in [1.807, 2.05) is 44.2 Å². The van der Waals surface area contributed by atoms with Gasteiger partial charge in [0.1, 0.15) is 0 Å². The van der Waals surface area contributed by atoms with Gasteiger partial charge in [0, 0.05) is 0 Å². The first-order valence-electron chi connectivity index (χ1n) is 7.34. The van der Waals surface area contributed by atoms with Gasteiger partial charge in [0.25, 0.3) is 0 Å². The molecule has 0 heterocycles. The Morgan fingerprint density at radius 1 is 1.16 bits per heavy atom. The van der Waals surface area contributed by atoms with Gasteiger partial charge in [-0.3, -0.25) is 4.79 Å². The van der Waals surface area contributed by atoms with Gasteiger partial charge in [-0.25, -0.2) is 0 Å². The van der Waals surface area contributed by atoms with E-state index in [0.717, 1.165) is 24.8 Å². The normalized spacial score (nSPS) is 14.3. The van der Waals surface area contributed by atoms with E-state index >= 15 is 0 Å². The maximum absolute atomic E-state index is 11.9. The van der Waals surface area contributed by atoms with Crippen LogP contribution in [-0.2, 0) is 10.2 Å². The third-order valence-electron chi connectivity index (χ3n) is 4.08. The third-order valence-corrected chi connectivity index (χ3v) is 4.08. The Kier molecular flexibility index (Phi) is 6.07. The smallest absolute Gasteiger partial charge is 0.314 e. The molecule has 1 aromatic rings. The minimum Gasteiger partial charge on any atom is -0.481 e. The predicted octanol–water partition coefficient (Wildman–Crippen LogP) is 4.64. The molecule has 0 fully saturated rings. The Morgan fingerprint density at radius 3 is 2.26 bits per heavy atom. The molecule has 0 amide bonds. The van der Waals surface area contributed by atoms with Crippen LogP contribution in [-0.4, -0.2) is 11.1 Å². The van der Waals surface area contributed by atoms with E-state index in [1.54, 1.807) is 0 Å². The highest BCUT2D eigenvalue weighted by Crippen LogP contribution is 2.38. The Bertz CT molecular complexity index is 384. The largest absolute Gasteiger partial charge is 0.481 e. The van der Waals surface area contributed by atoms with Crippen molar-refractivity contribution in [2.24, 2.45) is 5.92 Å². The highest BCUT2D eigenvalue weighted by molar-refractivity contribution is 5.81. The Hall–Kier alpha value is -1.31. The van der Waals surface area contributed by atoms with Crippen LogP contribution in [0.1, 0.15) is 58.4 Å². The number of hydrogen-bond acceptors (Lipinski definition) is 1. The molecular formula is C17H26O2. The molecular weight excluding hydrogens is 236 g/mol. The highest BCUT2D eigenvalue weighted by Gasteiger charge is 2.42. The first kappa shape index (κ1) is 15.7. The highest BCUT2D eigenvalue weighted by atomic mass is 16.4. The lowest BCUT2D eigenvalue weighted by Crippen LogP contribution is -2.41. The molecule has 0 bridgehead atoms. The average Bonchev–Trinajstić information content (AvgIpc) is 2.39. The molecule has 0 aliphatic carbocycles. The van der Waals surface area contributed by atoms with Gasteiger partial charge in [0.05, 0.1) is 5.41 Å². The van der Waals surface area contributed by atoms with E-state index in [0.29, 0.717) is 0 Å². The van der Waals surface area contributed by atoms with E-state index in [9.17, 15) is 9.90 Å². The Balaban J connectivity index is 2.99. The van der Waals surface area contributed by atoms with Gasteiger partial charge in [0.15, 0.2) is 0 Å². The summed E-state index contributed by atoms with van der Waals surface area (Å²) in [6.07, 6.45) is 5.18. The number of carboxylic acids is 1. The summed E-state index contributed by atoms with van der Waals surface area (Å²) in [4.78, 5) is 11.9. The SMILES string of the molecule is CCCCCCC(C(=O)O)(c1ccccc1)C(C)C. The summed E-state index contributed by atoms with van der Waals surface area (Å²) in [5, 5.41) is 9.80. The van der Waals surface area contributed by atoms with Gasteiger partial charge in [-0.15, -0.1) is 0 Å². The molecule has 0 saturated carbocycles. The fourth-order valence-electron chi connectivity index (χ4n) is 2.81. The minimum absolute atomic E-state index is 0.0917. The third kappa shape index (κ3) is 3.59. The van der Waals surface area contributed by atoms with Crippen molar-refractivity contribution in [3.8, 4) is 0 Å². The molecule has 1 unspecified atom stereocenters. The molecule has 0 aliphatic rings. The fourth-order valence-corrected chi connectivity index (χ4v) is 2.81. The number of unbranched alkanes of at least 4 members (excludes halogenated alkanes) is 3. The van der Waals surface area contributed by atoms with Crippen LogP contribution in [0.4, 0.5) is 0 Å². The fraction of sp³-hybridized carbons (Fsp3) is 0.588. The van der Waals surface area contributed by atoms with Crippen molar-refractivity contribution in [1.82, 2.24) is 0 Å². The molecule has 1 atom stereocenters. The van der Waals surface area contributed by atoms with E-state index in [1.165, 1.54) is 12.8 Å². The topological polar surface area (TPSA) is 37.3 Å². The van der Waals surface area contributed by atoms with E-state index in [2.05, 4.69) is 6.92 Å². The quantitative estimate of drug-likeness (QED) is 0.693. The van der Waals surface area contributed by atoms with E-state index in [-0.39, 0.29) is 5.92 Å². The summed E-state index contributed by atoms with van der Waals surface area (Å²) in [6.45, 7) is 6.20. The second-order valence-electron chi connectivity index (χ2n) is 5.61. The standard InChI is InChI=1S/C17H26O2/c1-4-5-6-10-13-17(14(2)3,16(18)19)15-11-8-7-9-12-15/h7-9,11-12,14H,4-6,10,13H2,1-3H3,(H,18,19). The number of benzene rings is 1. The molecule has 2 nitrogen and oxygen atoms in total. The number of rotatable bonds is 8. The van der Waals surface area contributed by atoms with Crippen LogP contribution in [0.3, 0.4) is 0 Å². The van der Waals surface area contributed by atoms with Gasteiger partial charge < -0.3 is 5.11 Å². The summed E-state index contributed by atoms with van der Waals surface area (Å²) in [5.74, 6) is -0.598. The summed E-state index contributed by atoms with van der Waals surface area (Å²) in [5.41, 5.74) is 0.198. The number of carbonyl (C=O) groups is 1. The lowest BCUT2D eigenvalue weighted by atomic mass is 9.68. The van der Waals surface area contributed by atoms with Crippen LogP contribution < -0.4 is 0 Å². The van der Waals surface area contributed by atoms with Crippen molar-refractivity contribution in [2.45, 2.75) is 58.3 Å². The number of aliphatic carboxylic acids is 1. The maximum atomic E-state index is 11.9. The lowest BCUT2D eigenvalue weighted by molar-refractivity contribution is -0.146. The van der Waals surface area contributed by atoms with Gasteiger partial charge in [0.2, 0.25) is 0 Å². The molecule has 0 spiro atoms. The Morgan fingerprint density at radius 2 is 1.79 bits per heavy atom. The van der Waals surface area contributed by atoms with Crippen LogP contribution in [0.25, 0.3) is 0 Å². The van der Waals surface area contributed by atoms with Gasteiger partial charge in [-0.1, -0.05) is 76.8 Å². The first-order valence-corrected chi connectivity index (χ1v) is 7.34.